The van der Waals surface area contributed by atoms with Crippen LogP contribution < -0.4 is 4.90 Å². The van der Waals surface area contributed by atoms with Gasteiger partial charge in [-0.15, -0.1) is 0 Å². The lowest BCUT2D eigenvalue weighted by atomic mass is 10.1. The predicted octanol–water partition coefficient (Wildman–Crippen LogP) is 3.26. The Bertz CT molecular complexity index is 568. The van der Waals surface area contributed by atoms with Crippen molar-refractivity contribution in [3.63, 3.8) is 0 Å². The van der Waals surface area contributed by atoms with E-state index in [4.69, 9.17) is 5.11 Å². The number of hydrogen-bond acceptors (Lipinski definition) is 2. The fraction of sp³-hybridized carbons (Fsp3) is 0.250. The number of halogens is 1. The van der Waals surface area contributed by atoms with Crippen molar-refractivity contribution in [3.8, 4) is 0 Å². The SMILES string of the molecule is Cc1cccc(CN(C)c2cc(F)cc(CO)c2)c1. The van der Waals surface area contributed by atoms with Gasteiger partial charge in [-0.1, -0.05) is 29.8 Å². The van der Waals surface area contributed by atoms with Gasteiger partial charge in [-0.05, 0) is 36.2 Å². The molecule has 0 amide bonds. The molecule has 0 aliphatic rings. The smallest absolute Gasteiger partial charge is 0.125 e. The van der Waals surface area contributed by atoms with Crippen LogP contribution in [-0.4, -0.2) is 12.2 Å². The van der Waals surface area contributed by atoms with Gasteiger partial charge in [-0.2, -0.15) is 0 Å². The third-order valence-electron chi connectivity index (χ3n) is 3.07. The zero-order valence-electron chi connectivity index (χ0n) is 11.2. The molecule has 2 rings (SSSR count). The number of rotatable bonds is 4. The summed E-state index contributed by atoms with van der Waals surface area (Å²) in [6, 6.07) is 12.9. The number of aliphatic hydroxyl groups is 1. The summed E-state index contributed by atoms with van der Waals surface area (Å²) >= 11 is 0. The predicted molar refractivity (Wildman–Crippen MR) is 75.6 cm³/mol. The summed E-state index contributed by atoms with van der Waals surface area (Å²) in [4.78, 5) is 1.97. The van der Waals surface area contributed by atoms with Gasteiger partial charge in [0.05, 0.1) is 6.61 Å². The van der Waals surface area contributed by atoms with Crippen LogP contribution in [-0.2, 0) is 13.2 Å². The zero-order chi connectivity index (χ0) is 13.8. The molecule has 0 radical (unpaired) electrons. The highest BCUT2D eigenvalue weighted by Gasteiger charge is 2.06. The second-order valence-corrected chi connectivity index (χ2v) is 4.82. The second kappa shape index (κ2) is 5.85. The molecule has 0 bridgehead atoms. The number of aliphatic hydroxyl groups excluding tert-OH is 1. The van der Waals surface area contributed by atoms with Crippen molar-refractivity contribution in [2.45, 2.75) is 20.1 Å². The molecule has 100 valence electrons. The molecule has 0 fully saturated rings. The summed E-state index contributed by atoms with van der Waals surface area (Å²) in [6.07, 6.45) is 0. The Labute approximate surface area is 113 Å². The first-order chi connectivity index (χ1) is 9.08. The van der Waals surface area contributed by atoms with Crippen LogP contribution in [0.5, 0.6) is 0 Å². The van der Waals surface area contributed by atoms with Crippen LogP contribution in [0.2, 0.25) is 0 Å². The third kappa shape index (κ3) is 3.55. The van der Waals surface area contributed by atoms with Crippen molar-refractivity contribution in [2.75, 3.05) is 11.9 Å². The van der Waals surface area contributed by atoms with Gasteiger partial charge >= 0.3 is 0 Å². The molecular formula is C16H18FNO. The molecule has 0 spiro atoms. The van der Waals surface area contributed by atoms with Crippen molar-refractivity contribution in [3.05, 3.63) is 65.0 Å². The Balaban J connectivity index is 2.20. The van der Waals surface area contributed by atoms with Gasteiger partial charge in [0.15, 0.2) is 0 Å². The van der Waals surface area contributed by atoms with E-state index in [9.17, 15) is 4.39 Å². The molecule has 2 aromatic rings. The Morgan fingerprint density at radius 1 is 1.11 bits per heavy atom. The lowest BCUT2D eigenvalue weighted by Gasteiger charge is -2.20. The number of hydrogen-bond donors (Lipinski definition) is 1. The first-order valence-corrected chi connectivity index (χ1v) is 6.25. The van der Waals surface area contributed by atoms with E-state index < -0.39 is 0 Å². The highest BCUT2D eigenvalue weighted by molar-refractivity contribution is 5.49. The first-order valence-electron chi connectivity index (χ1n) is 6.25. The molecule has 3 heteroatoms. The molecule has 1 N–H and O–H groups in total. The third-order valence-corrected chi connectivity index (χ3v) is 3.07. The molecule has 0 unspecified atom stereocenters. The average molecular weight is 259 g/mol. The largest absolute Gasteiger partial charge is 0.392 e. The van der Waals surface area contributed by atoms with E-state index in [-0.39, 0.29) is 12.4 Å². The first kappa shape index (κ1) is 13.6. The van der Waals surface area contributed by atoms with Gasteiger partial charge in [-0.25, -0.2) is 4.39 Å². The molecule has 2 aromatic carbocycles. The summed E-state index contributed by atoms with van der Waals surface area (Å²) in [5, 5.41) is 9.11. The average Bonchev–Trinajstić information content (AvgIpc) is 2.38. The molecule has 2 nitrogen and oxygen atoms in total. The molecule has 0 atom stereocenters. The van der Waals surface area contributed by atoms with E-state index in [1.165, 1.54) is 23.3 Å². The monoisotopic (exact) mass is 259 g/mol. The summed E-state index contributed by atoms with van der Waals surface area (Å²) in [6.45, 7) is 2.61. The standard InChI is InChI=1S/C16H18FNO/c1-12-4-3-5-13(6-12)10-18(2)16-8-14(11-19)7-15(17)9-16/h3-9,19H,10-11H2,1-2H3. The minimum atomic E-state index is -0.322. The van der Waals surface area contributed by atoms with Crippen LogP contribution in [0.4, 0.5) is 10.1 Å². The molecule has 0 saturated carbocycles. The van der Waals surface area contributed by atoms with Crippen LogP contribution in [0, 0.1) is 12.7 Å². The van der Waals surface area contributed by atoms with Crippen molar-refractivity contribution < 1.29 is 9.50 Å². The maximum atomic E-state index is 13.4. The van der Waals surface area contributed by atoms with Crippen LogP contribution in [0.15, 0.2) is 42.5 Å². The van der Waals surface area contributed by atoms with E-state index >= 15 is 0 Å². The minimum Gasteiger partial charge on any atom is -0.392 e. The van der Waals surface area contributed by atoms with Crippen molar-refractivity contribution >= 4 is 5.69 Å². The molecule has 0 aliphatic carbocycles. The van der Waals surface area contributed by atoms with Crippen LogP contribution in [0.3, 0.4) is 0 Å². The van der Waals surface area contributed by atoms with E-state index in [1.807, 2.05) is 18.0 Å². The summed E-state index contributed by atoms with van der Waals surface area (Å²) in [5.41, 5.74) is 3.75. The van der Waals surface area contributed by atoms with Crippen molar-refractivity contribution in [1.82, 2.24) is 0 Å². The molecule has 0 aliphatic heterocycles. The fourth-order valence-electron chi connectivity index (χ4n) is 2.12. The van der Waals surface area contributed by atoms with Gasteiger partial charge in [0, 0.05) is 19.3 Å². The number of benzene rings is 2. The Kier molecular flexibility index (Phi) is 4.17. The number of aryl methyl sites for hydroxylation is 1. The summed E-state index contributed by atoms with van der Waals surface area (Å²) in [7, 11) is 1.91. The highest BCUT2D eigenvalue weighted by Crippen LogP contribution is 2.20. The minimum absolute atomic E-state index is 0.150. The molecule has 0 saturated heterocycles. The van der Waals surface area contributed by atoms with Gasteiger partial charge in [-0.3, -0.25) is 0 Å². The normalized spacial score (nSPS) is 10.5. The van der Waals surface area contributed by atoms with Crippen LogP contribution >= 0.6 is 0 Å². The zero-order valence-corrected chi connectivity index (χ0v) is 11.2. The summed E-state index contributed by atoms with van der Waals surface area (Å²) in [5.74, 6) is -0.322. The van der Waals surface area contributed by atoms with Gasteiger partial charge in [0.2, 0.25) is 0 Å². The number of nitrogens with zero attached hydrogens (tertiary/aromatic N) is 1. The van der Waals surface area contributed by atoms with Crippen LogP contribution in [0.25, 0.3) is 0 Å². The number of anilines is 1. The van der Waals surface area contributed by atoms with Gasteiger partial charge in [0.25, 0.3) is 0 Å². The van der Waals surface area contributed by atoms with E-state index in [0.717, 1.165) is 5.69 Å². The Morgan fingerprint density at radius 3 is 2.58 bits per heavy atom. The molecule has 19 heavy (non-hydrogen) atoms. The van der Waals surface area contributed by atoms with E-state index in [1.54, 1.807) is 6.07 Å². The Morgan fingerprint density at radius 2 is 1.89 bits per heavy atom. The maximum absolute atomic E-state index is 13.4. The van der Waals surface area contributed by atoms with Gasteiger partial charge in [0.1, 0.15) is 5.82 Å². The molecule has 0 heterocycles. The Hall–Kier alpha value is -1.87. The molecular weight excluding hydrogens is 241 g/mol. The second-order valence-electron chi connectivity index (χ2n) is 4.82. The topological polar surface area (TPSA) is 23.5 Å². The maximum Gasteiger partial charge on any atom is 0.125 e. The van der Waals surface area contributed by atoms with Crippen molar-refractivity contribution in [1.29, 1.82) is 0 Å². The molecule has 0 aromatic heterocycles. The van der Waals surface area contributed by atoms with Crippen molar-refractivity contribution in [2.24, 2.45) is 0 Å². The summed E-state index contributed by atoms with van der Waals surface area (Å²) < 4.78 is 13.4. The van der Waals surface area contributed by atoms with Crippen LogP contribution in [0.1, 0.15) is 16.7 Å². The fourth-order valence-corrected chi connectivity index (χ4v) is 2.12. The lowest BCUT2D eigenvalue weighted by Crippen LogP contribution is -2.16. The van der Waals surface area contributed by atoms with E-state index in [0.29, 0.717) is 12.1 Å². The lowest BCUT2D eigenvalue weighted by molar-refractivity contribution is 0.281. The highest BCUT2D eigenvalue weighted by atomic mass is 19.1. The van der Waals surface area contributed by atoms with E-state index in [2.05, 4.69) is 25.1 Å². The quantitative estimate of drug-likeness (QED) is 0.911. The van der Waals surface area contributed by atoms with Gasteiger partial charge < -0.3 is 10.0 Å².